The van der Waals surface area contributed by atoms with Gasteiger partial charge in [-0.2, -0.15) is 0 Å². The van der Waals surface area contributed by atoms with E-state index >= 15 is 0 Å². The first-order valence-corrected chi connectivity index (χ1v) is 9.15. The number of hydrogen-bond acceptors (Lipinski definition) is 4. The molecule has 0 radical (unpaired) electrons. The topological polar surface area (TPSA) is 36.4 Å². The zero-order chi connectivity index (χ0) is 14.2. The van der Waals surface area contributed by atoms with Crippen molar-refractivity contribution in [2.45, 2.75) is 32.2 Å². The predicted molar refractivity (Wildman–Crippen MR) is 82.9 cm³/mol. The molecular weight excluding hydrogens is 282 g/mol. The molecule has 3 aliphatic rings. The fourth-order valence-corrected chi connectivity index (χ4v) is 4.79. The van der Waals surface area contributed by atoms with E-state index < -0.39 is 0 Å². The van der Waals surface area contributed by atoms with Crippen LogP contribution < -0.4 is 0 Å². The standard InChI is InChI=1S/C16H23N3OS/c20-16(15-13-3-1-2-4-14(13)15)19-7-5-18(6-8-19)9-12-10-21-11-17-12/h10-11,13-15H,1-9H2/t13-,14-/m1/s1. The Morgan fingerprint density at radius 1 is 1.19 bits per heavy atom. The molecule has 1 amide bonds. The lowest BCUT2D eigenvalue weighted by molar-refractivity contribution is -0.135. The van der Waals surface area contributed by atoms with Crippen molar-refractivity contribution in [3.63, 3.8) is 0 Å². The number of aromatic nitrogens is 1. The van der Waals surface area contributed by atoms with Gasteiger partial charge in [0.05, 0.1) is 11.2 Å². The van der Waals surface area contributed by atoms with Crippen molar-refractivity contribution >= 4 is 17.2 Å². The van der Waals surface area contributed by atoms with Gasteiger partial charge in [-0.05, 0) is 24.7 Å². The van der Waals surface area contributed by atoms with Crippen molar-refractivity contribution < 1.29 is 4.79 Å². The maximum absolute atomic E-state index is 12.6. The lowest BCUT2D eigenvalue weighted by Gasteiger charge is -2.34. The first-order chi connectivity index (χ1) is 10.3. The Labute approximate surface area is 130 Å². The van der Waals surface area contributed by atoms with Crippen LogP contribution in [0, 0.1) is 17.8 Å². The summed E-state index contributed by atoms with van der Waals surface area (Å²) < 4.78 is 0. The van der Waals surface area contributed by atoms with Gasteiger partial charge >= 0.3 is 0 Å². The van der Waals surface area contributed by atoms with Gasteiger partial charge in [0.1, 0.15) is 0 Å². The van der Waals surface area contributed by atoms with Crippen LogP contribution in [-0.4, -0.2) is 46.9 Å². The van der Waals surface area contributed by atoms with Gasteiger partial charge in [0.25, 0.3) is 0 Å². The molecule has 0 aromatic carbocycles. The Bertz CT molecular complexity index is 484. The summed E-state index contributed by atoms with van der Waals surface area (Å²) >= 11 is 1.65. The van der Waals surface area contributed by atoms with Crippen LogP contribution in [0.2, 0.25) is 0 Å². The first-order valence-electron chi connectivity index (χ1n) is 8.21. The van der Waals surface area contributed by atoms with E-state index in [1.807, 2.05) is 5.51 Å². The number of rotatable bonds is 3. The third-order valence-corrected chi connectivity index (χ3v) is 6.13. The van der Waals surface area contributed by atoms with Gasteiger partial charge < -0.3 is 4.90 Å². The Morgan fingerprint density at radius 3 is 2.52 bits per heavy atom. The summed E-state index contributed by atoms with van der Waals surface area (Å²) in [4.78, 5) is 21.5. The van der Waals surface area contributed by atoms with Gasteiger partial charge in [-0.1, -0.05) is 12.8 Å². The minimum absolute atomic E-state index is 0.387. The van der Waals surface area contributed by atoms with E-state index in [1.54, 1.807) is 11.3 Å². The number of hydrogen-bond donors (Lipinski definition) is 0. The van der Waals surface area contributed by atoms with Gasteiger partial charge in [-0.3, -0.25) is 9.69 Å². The van der Waals surface area contributed by atoms with Crippen LogP contribution in [0.5, 0.6) is 0 Å². The summed E-state index contributed by atoms with van der Waals surface area (Å²) in [6, 6.07) is 0. The molecule has 2 aliphatic carbocycles. The molecule has 2 heterocycles. The molecule has 1 aromatic heterocycles. The van der Waals surface area contributed by atoms with Crippen molar-refractivity contribution in [3.8, 4) is 0 Å². The molecule has 0 N–H and O–H groups in total. The lowest BCUT2D eigenvalue weighted by atomic mass is 10.0. The molecule has 0 bridgehead atoms. The summed E-state index contributed by atoms with van der Waals surface area (Å²) in [5.74, 6) is 2.32. The van der Waals surface area contributed by atoms with E-state index in [0.717, 1.165) is 50.3 Å². The van der Waals surface area contributed by atoms with E-state index in [1.165, 1.54) is 25.7 Å². The largest absolute Gasteiger partial charge is 0.340 e. The molecule has 0 spiro atoms. The zero-order valence-corrected chi connectivity index (χ0v) is 13.2. The summed E-state index contributed by atoms with van der Waals surface area (Å²) in [6.07, 6.45) is 5.27. The van der Waals surface area contributed by atoms with Crippen molar-refractivity contribution in [2.75, 3.05) is 26.2 Å². The van der Waals surface area contributed by atoms with E-state index in [-0.39, 0.29) is 0 Å². The van der Waals surface area contributed by atoms with Crippen LogP contribution in [0.15, 0.2) is 10.9 Å². The highest BCUT2D eigenvalue weighted by Crippen LogP contribution is 2.56. The molecule has 1 aliphatic heterocycles. The summed E-state index contributed by atoms with van der Waals surface area (Å²) in [5, 5.41) is 2.12. The Hall–Kier alpha value is -0.940. The molecule has 5 heteroatoms. The third-order valence-electron chi connectivity index (χ3n) is 5.49. The number of carbonyl (C=O) groups excluding carboxylic acids is 1. The smallest absolute Gasteiger partial charge is 0.226 e. The number of piperazine rings is 1. The van der Waals surface area contributed by atoms with Crippen LogP contribution in [0.4, 0.5) is 0 Å². The molecular formula is C16H23N3OS. The maximum atomic E-state index is 12.6. The number of carbonyl (C=O) groups is 1. The monoisotopic (exact) mass is 305 g/mol. The lowest BCUT2D eigenvalue weighted by Crippen LogP contribution is -2.49. The second-order valence-electron chi connectivity index (χ2n) is 6.72. The molecule has 2 saturated carbocycles. The number of thiazole rings is 1. The Kier molecular flexibility index (Phi) is 3.71. The Morgan fingerprint density at radius 2 is 1.90 bits per heavy atom. The van der Waals surface area contributed by atoms with Crippen LogP contribution in [0.1, 0.15) is 31.4 Å². The highest BCUT2D eigenvalue weighted by molar-refractivity contribution is 7.07. The second-order valence-corrected chi connectivity index (χ2v) is 7.44. The zero-order valence-electron chi connectivity index (χ0n) is 12.4. The van der Waals surface area contributed by atoms with E-state index in [0.29, 0.717) is 11.8 Å². The fourth-order valence-electron chi connectivity index (χ4n) is 4.24. The summed E-state index contributed by atoms with van der Waals surface area (Å²) in [6.45, 7) is 4.72. The third kappa shape index (κ3) is 2.73. The molecule has 4 nitrogen and oxygen atoms in total. The van der Waals surface area contributed by atoms with Crippen LogP contribution in [0.3, 0.4) is 0 Å². The van der Waals surface area contributed by atoms with Crippen molar-refractivity contribution in [3.05, 3.63) is 16.6 Å². The number of amides is 1. The fraction of sp³-hybridized carbons (Fsp3) is 0.750. The molecule has 1 aromatic rings. The summed E-state index contributed by atoms with van der Waals surface area (Å²) in [7, 11) is 0. The van der Waals surface area contributed by atoms with Crippen molar-refractivity contribution in [1.82, 2.24) is 14.8 Å². The molecule has 2 atom stereocenters. The summed E-state index contributed by atoms with van der Waals surface area (Å²) in [5.41, 5.74) is 3.05. The molecule has 3 fully saturated rings. The molecule has 0 unspecified atom stereocenters. The number of nitrogens with zero attached hydrogens (tertiary/aromatic N) is 3. The Balaban J connectivity index is 1.28. The quantitative estimate of drug-likeness (QED) is 0.859. The van der Waals surface area contributed by atoms with Crippen LogP contribution >= 0.6 is 11.3 Å². The SMILES string of the molecule is O=C(C1[C@@H]2CCCC[C@@H]12)N1CCN(Cc2cscn2)CC1. The van der Waals surface area contributed by atoms with E-state index in [4.69, 9.17) is 0 Å². The average molecular weight is 305 g/mol. The normalized spacial score (nSPS) is 32.8. The predicted octanol–water partition coefficient (Wildman–Crippen LogP) is 2.22. The van der Waals surface area contributed by atoms with E-state index in [9.17, 15) is 4.79 Å². The molecule has 114 valence electrons. The highest BCUT2D eigenvalue weighted by atomic mass is 32.1. The van der Waals surface area contributed by atoms with Gasteiger partial charge in [-0.25, -0.2) is 4.98 Å². The van der Waals surface area contributed by atoms with Gasteiger partial charge in [0.2, 0.25) is 5.91 Å². The van der Waals surface area contributed by atoms with Gasteiger partial charge in [-0.15, -0.1) is 11.3 Å². The molecule has 1 saturated heterocycles. The first kappa shape index (κ1) is 13.7. The molecule has 21 heavy (non-hydrogen) atoms. The average Bonchev–Trinajstić information content (AvgIpc) is 3.03. The van der Waals surface area contributed by atoms with Gasteiger partial charge in [0.15, 0.2) is 0 Å². The van der Waals surface area contributed by atoms with Crippen LogP contribution in [-0.2, 0) is 11.3 Å². The highest BCUT2D eigenvalue weighted by Gasteiger charge is 2.55. The minimum atomic E-state index is 0.387. The second kappa shape index (κ2) is 5.69. The van der Waals surface area contributed by atoms with Crippen molar-refractivity contribution in [2.24, 2.45) is 17.8 Å². The van der Waals surface area contributed by atoms with Crippen molar-refractivity contribution in [1.29, 1.82) is 0 Å². The van der Waals surface area contributed by atoms with E-state index in [2.05, 4.69) is 20.2 Å². The maximum Gasteiger partial charge on any atom is 0.226 e. The molecule has 4 rings (SSSR count). The van der Waals surface area contributed by atoms with Crippen LogP contribution in [0.25, 0.3) is 0 Å². The minimum Gasteiger partial charge on any atom is -0.340 e. The number of fused-ring (bicyclic) bond motifs is 1. The van der Waals surface area contributed by atoms with Gasteiger partial charge in [0, 0.05) is 44.0 Å².